The summed E-state index contributed by atoms with van der Waals surface area (Å²) in [5.74, 6) is -0.455. The summed E-state index contributed by atoms with van der Waals surface area (Å²) in [6, 6.07) is -1.91. The molecule has 0 aromatic carbocycles. The van der Waals surface area contributed by atoms with Crippen LogP contribution in [0.4, 0.5) is 18.0 Å². The number of urea groups is 1. The van der Waals surface area contributed by atoms with Gasteiger partial charge in [-0.15, -0.1) is 0 Å². The Morgan fingerprint density at radius 3 is 2.60 bits per heavy atom. The summed E-state index contributed by atoms with van der Waals surface area (Å²) < 4.78 is 37.4. The molecule has 0 radical (unpaired) electrons. The lowest BCUT2D eigenvalue weighted by molar-refractivity contribution is -0.144. The summed E-state index contributed by atoms with van der Waals surface area (Å²) in [5.41, 5.74) is 0. The van der Waals surface area contributed by atoms with Crippen LogP contribution in [0.25, 0.3) is 0 Å². The number of nitrogens with zero attached hydrogens (tertiary/aromatic N) is 2. The van der Waals surface area contributed by atoms with Crippen LogP contribution >= 0.6 is 11.8 Å². The second kappa shape index (κ2) is 7.05. The minimum atomic E-state index is -4.49. The molecule has 0 saturated carbocycles. The van der Waals surface area contributed by atoms with Gasteiger partial charge in [-0.05, 0) is 6.42 Å². The van der Waals surface area contributed by atoms with Crippen LogP contribution < -0.4 is 0 Å². The number of halogens is 3. The third-order valence-electron chi connectivity index (χ3n) is 2.79. The monoisotopic (exact) mass is 314 g/mol. The second-order valence-corrected chi connectivity index (χ2v) is 5.59. The van der Waals surface area contributed by atoms with Crippen molar-refractivity contribution in [2.24, 2.45) is 0 Å². The first-order valence-corrected chi connectivity index (χ1v) is 7.34. The molecule has 1 atom stereocenters. The van der Waals surface area contributed by atoms with E-state index in [9.17, 15) is 22.8 Å². The third-order valence-corrected chi connectivity index (χ3v) is 3.82. The maximum absolute atomic E-state index is 12.5. The van der Waals surface area contributed by atoms with Gasteiger partial charge in [0.15, 0.2) is 0 Å². The van der Waals surface area contributed by atoms with E-state index in [1.54, 1.807) is 6.92 Å². The van der Waals surface area contributed by atoms with E-state index < -0.39 is 30.8 Å². The zero-order valence-electron chi connectivity index (χ0n) is 11.0. The van der Waals surface area contributed by atoms with E-state index in [0.717, 1.165) is 4.90 Å². The Balaban J connectivity index is 2.83. The number of carbonyl (C=O) groups excluding carboxylic acids is 1. The minimum absolute atomic E-state index is 0.0473. The first-order valence-electron chi connectivity index (χ1n) is 6.19. The van der Waals surface area contributed by atoms with Crippen molar-refractivity contribution in [1.82, 2.24) is 9.80 Å². The molecule has 0 bridgehead atoms. The standard InChI is InChI=1S/C11H17F3N2O3S/c1-2-3-15(7-11(12,13)14)10(19)16-4-5-20-6-8(16)9(17)18/h8H,2-7H2,1H3,(H,17,18). The molecule has 1 aliphatic rings. The molecule has 1 heterocycles. The molecule has 1 unspecified atom stereocenters. The van der Waals surface area contributed by atoms with E-state index in [0.29, 0.717) is 17.1 Å². The molecule has 2 amide bonds. The molecule has 20 heavy (non-hydrogen) atoms. The quantitative estimate of drug-likeness (QED) is 0.861. The van der Waals surface area contributed by atoms with Crippen LogP contribution in [-0.2, 0) is 4.79 Å². The molecule has 5 nitrogen and oxygen atoms in total. The largest absolute Gasteiger partial charge is 0.480 e. The van der Waals surface area contributed by atoms with E-state index in [1.165, 1.54) is 11.8 Å². The number of alkyl halides is 3. The zero-order valence-corrected chi connectivity index (χ0v) is 11.8. The van der Waals surface area contributed by atoms with Crippen molar-refractivity contribution in [1.29, 1.82) is 0 Å². The lowest BCUT2D eigenvalue weighted by Gasteiger charge is -2.36. The Morgan fingerprint density at radius 2 is 2.10 bits per heavy atom. The van der Waals surface area contributed by atoms with Crippen LogP contribution in [0, 0.1) is 0 Å². The summed E-state index contributed by atoms with van der Waals surface area (Å²) in [4.78, 5) is 24.9. The van der Waals surface area contributed by atoms with Crippen molar-refractivity contribution in [3.8, 4) is 0 Å². The Labute approximate surface area is 119 Å². The highest BCUT2D eigenvalue weighted by atomic mass is 32.2. The molecule has 0 aliphatic carbocycles. The van der Waals surface area contributed by atoms with E-state index in [4.69, 9.17) is 5.11 Å². The van der Waals surface area contributed by atoms with Gasteiger partial charge in [-0.1, -0.05) is 6.92 Å². The van der Waals surface area contributed by atoms with Crippen molar-refractivity contribution in [2.75, 3.05) is 31.1 Å². The third kappa shape index (κ3) is 4.77. The van der Waals surface area contributed by atoms with Crippen LogP contribution in [0.2, 0.25) is 0 Å². The topological polar surface area (TPSA) is 60.9 Å². The van der Waals surface area contributed by atoms with Gasteiger partial charge in [-0.2, -0.15) is 24.9 Å². The normalized spacial score (nSPS) is 19.8. The second-order valence-electron chi connectivity index (χ2n) is 4.44. The van der Waals surface area contributed by atoms with Gasteiger partial charge in [0, 0.05) is 24.6 Å². The van der Waals surface area contributed by atoms with Crippen LogP contribution in [0.1, 0.15) is 13.3 Å². The molecular weight excluding hydrogens is 297 g/mol. The van der Waals surface area contributed by atoms with Gasteiger partial charge in [0.25, 0.3) is 0 Å². The number of amides is 2. The van der Waals surface area contributed by atoms with Crippen LogP contribution in [0.3, 0.4) is 0 Å². The lowest BCUT2D eigenvalue weighted by Crippen LogP contribution is -2.56. The lowest BCUT2D eigenvalue weighted by atomic mass is 10.2. The number of hydrogen-bond acceptors (Lipinski definition) is 3. The van der Waals surface area contributed by atoms with Gasteiger partial charge in [-0.3, -0.25) is 0 Å². The molecule has 1 fully saturated rings. The Bertz CT molecular complexity index is 365. The van der Waals surface area contributed by atoms with Crippen molar-refractivity contribution >= 4 is 23.8 Å². The van der Waals surface area contributed by atoms with E-state index >= 15 is 0 Å². The Hall–Kier alpha value is -1.12. The summed E-state index contributed by atoms with van der Waals surface area (Å²) in [6.07, 6.45) is -4.11. The van der Waals surface area contributed by atoms with Crippen LogP contribution in [-0.4, -0.2) is 70.3 Å². The number of carboxylic acid groups (broad SMARTS) is 1. The SMILES string of the molecule is CCCN(CC(F)(F)F)C(=O)N1CCSCC1C(=O)O. The first kappa shape index (κ1) is 16.9. The molecule has 116 valence electrons. The highest BCUT2D eigenvalue weighted by Gasteiger charge is 2.38. The molecule has 0 aromatic rings. The highest BCUT2D eigenvalue weighted by Crippen LogP contribution is 2.22. The predicted molar refractivity (Wildman–Crippen MR) is 68.8 cm³/mol. The predicted octanol–water partition coefficient (Wildman–Crippen LogP) is 1.88. The van der Waals surface area contributed by atoms with Gasteiger partial charge in [-0.25, -0.2) is 9.59 Å². The highest BCUT2D eigenvalue weighted by molar-refractivity contribution is 7.99. The molecule has 0 aromatic heterocycles. The summed E-state index contributed by atoms with van der Waals surface area (Å²) in [5, 5.41) is 9.05. The van der Waals surface area contributed by atoms with Gasteiger partial charge in [0.2, 0.25) is 0 Å². The number of aliphatic carboxylic acids is 1. The van der Waals surface area contributed by atoms with Crippen molar-refractivity contribution < 1.29 is 27.9 Å². The molecule has 1 rings (SSSR count). The van der Waals surface area contributed by atoms with Gasteiger partial charge in [0.1, 0.15) is 12.6 Å². The van der Waals surface area contributed by atoms with Crippen molar-refractivity contribution in [3.05, 3.63) is 0 Å². The Kier molecular flexibility index (Phi) is 5.97. The molecule has 1 aliphatic heterocycles. The minimum Gasteiger partial charge on any atom is -0.480 e. The average Bonchev–Trinajstić information content (AvgIpc) is 2.36. The molecule has 1 N–H and O–H groups in total. The summed E-state index contributed by atoms with van der Waals surface area (Å²) >= 11 is 1.38. The van der Waals surface area contributed by atoms with E-state index in [2.05, 4.69) is 0 Å². The molecule has 0 spiro atoms. The van der Waals surface area contributed by atoms with Gasteiger partial charge in [0.05, 0.1) is 0 Å². The molecule has 1 saturated heterocycles. The number of hydrogen-bond donors (Lipinski definition) is 1. The zero-order chi connectivity index (χ0) is 15.3. The maximum atomic E-state index is 12.5. The number of rotatable bonds is 4. The molecular formula is C11H17F3N2O3S. The first-order chi connectivity index (χ1) is 9.26. The van der Waals surface area contributed by atoms with E-state index in [1.807, 2.05) is 0 Å². The van der Waals surface area contributed by atoms with Gasteiger partial charge >= 0.3 is 18.2 Å². The Morgan fingerprint density at radius 1 is 1.45 bits per heavy atom. The fraction of sp³-hybridized carbons (Fsp3) is 0.818. The average molecular weight is 314 g/mol. The summed E-state index contributed by atoms with van der Waals surface area (Å²) in [6.45, 7) is 0.417. The van der Waals surface area contributed by atoms with E-state index in [-0.39, 0.29) is 18.8 Å². The fourth-order valence-corrected chi connectivity index (χ4v) is 2.99. The fourth-order valence-electron chi connectivity index (χ4n) is 1.95. The number of carbonyl (C=O) groups is 2. The number of thioether (sulfide) groups is 1. The smallest absolute Gasteiger partial charge is 0.406 e. The van der Waals surface area contributed by atoms with Gasteiger partial charge < -0.3 is 14.9 Å². The summed E-state index contributed by atoms with van der Waals surface area (Å²) in [7, 11) is 0. The van der Waals surface area contributed by atoms with Crippen molar-refractivity contribution in [3.63, 3.8) is 0 Å². The van der Waals surface area contributed by atoms with Crippen LogP contribution in [0.15, 0.2) is 0 Å². The maximum Gasteiger partial charge on any atom is 0.406 e. The number of carboxylic acids is 1. The van der Waals surface area contributed by atoms with Crippen LogP contribution in [0.5, 0.6) is 0 Å². The molecule has 9 heteroatoms. The van der Waals surface area contributed by atoms with Crippen molar-refractivity contribution in [2.45, 2.75) is 25.6 Å².